The second-order valence-electron chi connectivity index (χ2n) is 5.95. The molecule has 0 bridgehead atoms. The molecule has 0 unspecified atom stereocenters. The Balaban J connectivity index is 2.70. The van der Waals surface area contributed by atoms with Gasteiger partial charge in [-0.3, -0.25) is 0 Å². The highest BCUT2D eigenvalue weighted by atomic mass is 16.5. The van der Waals surface area contributed by atoms with Crippen LogP contribution in [0, 0.1) is 22.7 Å². The second kappa shape index (κ2) is 5.47. The van der Waals surface area contributed by atoms with Crippen LogP contribution in [0.1, 0.15) is 46.5 Å². The molecule has 0 N–H and O–H groups in total. The van der Waals surface area contributed by atoms with Crippen molar-refractivity contribution in [2.24, 2.45) is 21.6 Å². The first-order valence-electron chi connectivity index (χ1n) is 6.25. The van der Waals surface area contributed by atoms with E-state index in [1.807, 2.05) is 0 Å². The minimum Gasteiger partial charge on any atom is -0.450 e. The van der Waals surface area contributed by atoms with Gasteiger partial charge in [0, 0.05) is 0 Å². The van der Waals surface area contributed by atoms with Gasteiger partial charge >= 0.3 is 6.09 Å². The quantitative estimate of drug-likeness (QED) is 0.667. The Labute approximate surface area is 108 Å². The van der Waals surface area contributed by atoms with Crippen molar-refractivity contribution in [2.45, 2.75) is 52.0 Å². The Morgan fingerprint density at radius 3 is 2.33 bits per heavy atom. The van der Waals surface area contributed by atoms with E-state index in [-0.39, 0.29) is 5.41 Å². The molecule has 18 heavy (non-hydrogen) atoms. The first-order valence-corrected chi connectivity index (χ1v) is 6.25. The standard InChI is InChI=1S/C13H21N3O2/c1-12(2,3)10-5-7-13(9-14,8-6-10)16-15-11(17)18-4/h10H,5-8H2,1-4H3. The molecule has 5 nitrogen and oxygen atoms in total. The minimum atomic E-state index is -0.837. The van der Waals surface area contributed by atoms with E-state index in [9.17, 15) is 10.1 Å². The molecule has 0 aromatic carbocycles. The van der Waals surface area contributed by atoms with Crippen LogP contribution in [-0.4, -0.2) is 18.7 Å². The van der Waals surface area contributed by atoms with Crippen molar-refractivity contribution in [3.05, 3.63) is 0 Å². The van der Waals surface area contributed by atoms with Gasteiger partial charge in [0.25, 0.3) is 0 Å². The van der Waals surface area contributed by atoms with Gasteiger partial charge < -0.3 is 4.74 Å². The number of carbonyl (C=O) groups is 1. The number of methoxy groups -OCH3 is 1. The van der Waals surface area contributed by atoms with E-state index in [1.54, 1.807) is 0 Å². The number of carbonyl (C=O) groups excluding carboxylic acids is 1. The molecule has 100 valence electrons. The Morgan fingerprint density at radius 1 is 1.39 bits per heavy atom. The molecule has 0 aromatic rings. The highest BCUT2D eigenvalue weighted by Gasteiger charge is 2.39. The summed E-state index contributed by atoms with van der Waals surface area (Å²) in [6, 6.07) is 2.20. The Hall–Kier alpha value is -1.44. The number of amides is 1. The molecule has 1 rings (SSSR count). The van der Waals surface area contributed by atoms with Crippen LogP contribution in [0.4, 0.5) is 4.79 Å². The predicted octanol–water partition coefficient (Wildman–Crippen LogP) is 3.70. The lowest BCUT2D eigenvalue weighted by atomic mass is 9.68. The topological polar surface area (TPSA) is 74.8 Å². The van der Waals surface area contributed by atoms with Crippen molar-refractivity contribution in [3.8, 4) is 6.07 Å². The number of rotatable bonds is 1. The first-order chi connectivity index (χ1) is 8.33. The van der Waals surface area contributed by atoms with Crippen LogP contribution in [-0.2, 0) is 4.74 Å². The van der Waals surface area contributed by atoms with Crippen LogP contribution in [0.5, 0.6) is 0 Å². The summed E-state index contributed by atoms with van der Waals surface area (Å²) in [5, 5.41) is 16.6. The molecule has 1 aliphatic rings. The highest BCUT2D eigenvalue weighted by Crippen LogP contribution is 2.42. The van der Waals surface area contributed by atoms with Gasteiger partial charge in [0.15, 0.2) is 5.54 Å². The van der Waals surface area contributed by atoms with E-state index in [0.717, 1.165) is 12.8 Å². The summed E-state index contributed by atoms with van der Waals surface area (Å²) in [5.74, 6) is 0.590. The number of nitriles is 1. The fraction of sp³-hybridized carbons (Fsp3) is 0.846. The molecule has 0 spiro atoms. The van der Waals surface area contributed by atoms with Gasteiger partial charge in [-0.25, -0.2) is 4.79 Å². The Morgan fingerprint density at radius 2 is 1.94 bits per heavy atom. The molecule has 0 heterocycles. The molecule has 5 heteroatoms. The summed E-state index contributed by atoms with van der Waals surface area (Å²) < 4.78 is 4.40. The van der Waals surface area contributed by atoms with E-state index in [2.05, 4.69) is 41.8 Å². The zero-order valence-corrected chi connectivity index (χ0v) is 11.6. The van der Waals surface area contributed by atoms with Crippen LogP contribution in [0.2, 0.25) is 0 Å². The maximum absolute atomic E-state index is 10.9. The van der Waals surface area contributed by atoms with Gasteiger partial charge in [-0.15, -0.1) is 0 Å². The third-order valence-corrected chi connectivity index (χ3v) is 3.74. The maximum atomic E-state index is 10.9. The van der Waals surface area contributed by atoms with Crippen molar-refractivity contribution in [2.75, 3.05) is 7.11 Å². The van der Waals surface area contributed by atoms with Crippen molar-refractivity contribution in [1.82, 2.24) is 0 Å². The lowest BCUT2D eigenvalue weighted by Crippen LogP contribution is -2.35. The van der Waals surface area contributed by atoms with Gasteiger partial charge in [0.2, 0.25) is 0 Å². The van der Waals surface area contributed by atoms with Crippen molar-refractivity contribution in [1.29, 1.82) is 5.26 Å². The van der Waals surface area contributed by atoms with Crippen LogP contribution in [0.3, 0.4) is 0 Å². The molecular weight excluding hydrogens is 230 g/mol. The van der Waals surface area contributed by atoms with Gasteiger partial charge in [0.05, 0.1) is 13.2 Å². The van der Waals surface area contributed by atoms with Gasteiger partial charge in [-0.1, -0.05) is 25.9 Å². The molecule has 0 radical (unpaired) electrons. The average molecular weight is 251 g/mol. The zero-order valence-electron chi connectivity index (χ0n) is 11.6. The van der Waals surface area contributed by atoms with E-state index in [4.69, 9.17) is 0 Å². The number of ether oxygens (including phenoxy) is 1. The molecule has 1 amide bonds. The Bertz CT molecular complexity index is 369. The number of hydrogen-bond acceptors (Lipinski definition) is 4. The van der Waals surface area contributed by atoms with E-state index in [0.29, 0.717) is 18.8 Å². The van der Waals surface area contributed by atoms with Gasteiger partial charge in [-0.2, -0.15) is 10.4 Å². The number of hydrogen-bond donors (Lipinski definition) is 0. The second-order valence-corrected chi connectivity index (χ2v) is 5.95. The van der Waals surface area contributed by atoms with Crippen LogP contribution in [0.25, 0.3) is 0 Å². The highest BCUT2D eigenvalue weighted by molar-refractivity contribution is 5.67. The van der Waals surface area contributed by atoms with Crippen molar-refractivity contribution in [3.63, 3.8) is 0 Å². The number of azo groups is 1. The summed E-state index contributed by atoms with van der Waals surface area (Å²) in [4.78, 5) is 10.9. The van der Waals surface area contributed by atoms with Crippen LogP contribution >= 0.6 is 0 Å². The fourth-order valence-corrected chi connectivity index (χ4v) is 2.37. The van der Waals surface area contributed by atoms with E-state index < -0.39 is 11.6 Å². The van der Waals surface area contributed by atoms with Crippen LogP contribution < -0.4 is 0 Å². The normalized spacial score (nSPS) is 28.9. The monoisotopic (exact) mass is 251 g/mol. The molecule has 0 saturated heterocycles. The third kappa shape index (κ3) is 3.52. The molecular formula is C13H21N3O2. The first kappa shape index (κ1) is 14.6. The lowest BCUT2D eigenvalue weighted by Gasteiger charge is -2.38. The Kier molecular flexibility index (Phi) is 4.44. The lowest BCUT2D eigenvalue weighted by molar-refractivity contribution is 0.148. The third-order valence-electron chi connectivity index (χ3n) is 3.74. The number of nitrogens with zero attached hydrogens (tertiary/aromatic N) is 3. The van der Waals surface area contributed by atoms with Gasteiger partial charge in [0.1, 0.15) is 0 Å². The minimum absolute atomic E-state index is 0.251. The van der Waals surface area contributed by atoms with Crippen molar-refractivity contribution >= 4 is 6.09 Å². The summed E-state index contributed by atoms with van der Waals surface area (Å²) in [5.41, 5.74) is -0.586. The van der Waals surface area contributed by atoms with E-state index in [1.165, 1.54) is 7.11 Å². The van der Waals surface area contributed by atoms with Crippen LogP contribution in [0.15, 0.2) is 10.2 Å². The summed E-state index contributed by atoms with van der Waals surface area (Å²) >= 11 is 0. The van der Waals surface area contributed by atoms with E-state index >= 15 is 0 Å². The fourth-order valence-electron chi connectivity index (χ4n) is 2.37. The molecule has 1 saturated carbocycles. The molecule has 0 aliphatic heterocycles. The SMILES string of the molecule is COC(=O)N=NC1(C#N)CCC(C(C)(C)C)CC1. The smallest absolute Gasteiger partial charge is 0.450 e. The average Bonchev–Trinajstić information content (AvgIpc) is 2.35. The van der Waals surface area contributed by atoms with Gasteiger partial charge in [-0.05, 0) is 37.0 Å². The molecule has 0 aromatic heterocycles. The summed E-state index contributed by atoms with van der Waals surface area (Å²) in [7, 11) is 1.25. The summed E-state index contributed by atoms with van der Waals surface area (Å²) in [6.07, 6.45) is 2.45. The zero-order chi connectivity index (χ0) is 13.8. The maximum Gasteiger partial charge on any atom is 0.451 e. The molecule has 0 atom stereocenters. The van der Waals surface area contributed by atoms with Crippen molar-refractivity contribution < 1.29 is 9.53 Å². The predicted molar refractivity (Wildman–Crippen MR) is 67.0 cm³/mol. The largest absolute Gasteiger partial charge is 0.451 e. The molecule has 1 aliphatic carbocycles. The molecule has 1 fully saturated rings. The summed E-state index contributed by atoms with van der Waals surface area (Å²) in [6.45, 7) is 6.65.